The van der Waals surface area contributed by atoms with E-state index < -0.39 is 11.9 Å². The summed E-state index contributed by atoms with van der Waals surface area (Å²) in [7, 11) is 3.85. The van der Waals surface area contributed by atoms with Gasteiger partial charge < -0.3 is 10.3 Å². The number of hydrogen-bond acceptors (Lipinski definition) is 9. The maximum absolute atomic E-state index is 13.5. The van der Waals surface area contributed by atoms with Crippen molar-refractivity contribution in [3.63, 3.8) is 0 Å². The third-order valence-electron chi connectivity index (χ3n) is 15.5. The number of pyridine rings is 2. The molecule has 2 unspecified atom stereocenters. The van der Waals surface area contributed by atoms with Gasteiger partial charge in [-0.3, -0.25) is 38.6 Å². The van der Waals surface area contributed by atoms with Gasteiger partial charge in [-0.15, -0.1) is 0 Å². The number of nitrogens with two attached hydrogens (primary N) is 1. The minimum absolute atomic E-state index is 0.126. The number of amides is 2. The molecule has 2 aromatic carbocycles. The van der Waals surface area contributed by atoms with E-state index in [1.807, 2.05) is 48.8 Å². The Morgan fingerprint density at radius 2 is 1.62 bits per heavy atom. The van der Waals surface area contributed by atoms with Gasteiger partial charge in [0.1, 0.15) is 17.5 Å². The van der Waals surface area contributed by atoms with Gasteiger partial charge in [-0.1, -0.05) is 54.5 Å². The highest BCUT2D eigenvalue weighted by Gasteiger charge is 2.32. The first-order chi connectivity index (χ1) is 33.4. The number of anilines is 1. The molecule has 0 spiro atoms. The van der Waals surface area contributed by atoms with Crippen LogP contribution in [0.3, 0.4) is 0 Å². The molecule has 10 rings (SSSR count). The van der Waals surface area contributed by atoms with Gasteiger partial charge in [0.15, 0.2) is 5.78 Å². The zero-order valence-electron chi connectivity index (χ0n) is 40.3. The maximum Gasteiger partial charge on any atom is 0.329 e. The van der Waals surface area contributed by atoms with Crippen LogP contribution in [0, 0.1) is 11.8 Å². The van der Waals surface area contributed by atoms with Crippen LogP contribution >= 0.6 is 0 Å². The SMILES string of the molecule is CC1C/C(CC2CCC(=CC(=O)c3ccc(C4CCN(Cc5cc6c(-c7ccc(N)nc7)ccnc6n5C)CC4)cc3)CC2)=C/CCN(Cc2ccc3c(c2)n(C)c(=O)n3C2CCC(=O)NC2=O)C1. The summed E-state index contributed by atoms with van der Waals surface area (Å²) in [5.41, 5.74) is 17.6. The van der Waals surface area contributed by atoms with E-state index in [2.05, 4.69) is 81.1 Å². The number of aromatic nitrogens is 5. The van der Waals surface area contributed by atoms with Gasteiger partial charge in [-0.25, -0.2) is 14.8 Å². The number of imide groups is 1. The highest BCUT2D eigenvalue weighted by Crippen LogP contribution is 2.36. The molecule has 4 aromatic heterocycles. The van der Waals surface area contributed by atoms with Crippen molar-refractivity contribution in [3.05, 3.63) is 135 Å². The van der Waals surface area contributed by atoms with E-state index in [-0.39, 0.29) is 23.8 Å². The lowest BCUT2D eigenvalue weighted by atomic mass is 9.80. The molecule has 2 amide bonds. The highest BCUT2D eigenvalue weighted by molar-refractivity contribution is 6.05. The number of piperidine rings is 2. The Morgan fingerprint density at radius 3 is 2.38 bits per heavy atom. The average molecular weight is 928 g/mol. The number of carbonyl (C=O) groups is 3. The normalized spacial score (nSPS) is 22.0. The van der Waals surface area contributed by atoms with Crippen molar-refractivity contribution in [3.8, 4) is 11.1 Å². The van der Waals surface area contributed by atoms with Crippen LogP contribution in [-0.4, -0.2) is 77.2 Å². The molecule has 3 aliphatic heterocycles. The number of nitrogen functional groups attached to an aromatic ring is 1. The summed E-state index contributed by atoms with van der Waals surface area (Å²) in [5.74, 6) is 1.59. The first-order valence-electron chi connectivity index (χ1n) is 25.1. The topological polar surface area (TPSA) is 153 Å². The molecule has 1 aliphatic carbocycles. The van der Waals surface area contributed by atoms with Crippen molar-refractivity contribution in [2.24, 2.45) is 25.9 Å². The molecule has 3 fully saturated rings. The minimum atomic E-state index is -0.683. The summed E-state index contributed by atoms with van der Waals surface area (Å²) in [6, 6.07) is 22.1. The van der Waals surface area contributed by atoms with Gasteiger partial charge in [0.25, 0.3) is 0 Å². The summed E-state index contributed by atoms with van der Waals surface area (Å²) in [6.07, 6.45) is 18.3. The number of aryl methyl sites for hydroxylation is 2. The Balaban J connectivity index is 0.678. The smallest absolute Gasteiger partial charge is 0.329 e. The van der Waals surface area contributed by atoms with Crippen molar-refractivity contribution >= 4 is 45.5 Å². The van der Waals surface area contributed by atoms with E-state index in [0.717, 1.165) is 141 Å². The van der Waals surface area contributed by atoms with Crippen LogP contribution in [0.5, 0.6) is 0 Å². The quantitative estimate of drug-likeness (QED) is 0.0562. The fourth-order valence-corrected chi connectivity index (χ4v) is 11.7. The predicted octanol–water partition coefficient (Wildman–Crippen LogP) is 8.78. The third-order valence-corrected chi connectivity index (χ3v) is 15.5. The summed E-state index contributed by atoms with van der Waals surface area (Å²) in [6.45, 7) is 8.04. The van der Waals surface area contributed by atoms with Crippen molar-refractivity contribution < 1.29 is 14.4 Å². The second kappa shape index (κ2) is 19.9. The van der Waals surface area contributed by atoms with Crippen LogP contribution < -0.4 is 16.7 Å². The van der Waals surface area contributed by atoms with Crippen molar-refractivity contribution in [1.29, 1.82) is 0 Å². The molecule has 13 heteroatoms. The van der Waals surface area contributed by atoms with Gasteiger partial charge in [0.2, 0.25) is 11.8 Å². The zero-order chi connectivity index (χ0) is 47.8. The lowest BCUT2D eigenvalue weighted by Gasteiger charge is -2.32. The standard InChI is InChI=1S/C56H65N9O4/c1-36-27-39(5-4-24-64(33-36)34-40-10-16-48-50(29-40)62(3)56(69)65(48)49-17-19-53(67)60-55(49)68)28-37-6-8-38(9-7-37)30-51(66)43-13-11-41(12-14-43)42-21-25-63(26-22-42)35-45-31-47-46(20-23-58-54(47)61(45)2)44-15-18-52(57)59-32-44/h5,10-16,18,20,23,29-32,36-37,42,49H,4,6-9,17,19,21-22,24-28,33-35H2,1-3H3,(H2,57,59)(H,60,67,68)/b38-30?,39-5-. The first-order valence-corrected chi connectivity index (χ1v) is 25.1. The third kappa shape index (κ3) is 10.0. The number of nitrogens with one attached hydrogen (secondary N) is 1. The number of allylic oxidation sites excluding steroid dienone is 3. The Bertz CT molecular complexity index is 3010. The number of likely N-dealkylation sites (tertiary alicyclic amines) is 1. The summed E-state index contributed by atoms with van der Waals surface area (Å²) >= 11 is 0. The fraction of sp³-hybridized carbons (Fsp3) is 0.429. The average Bonchev–Trinajstić information content (AvgIpc) is 3.79. The molecule has 6 aromatic rings. The Hall–Kier alpha value is -6.44. The van der Waals surface area contributed by atoms with Crippen molar-refractivity contribution in [1.82, 2.24) is 38.8 Å². The predicted molar refractivity (Wildman–Crippen MR) is 271 cm³/mol. The monoisotopic (exact) mass is 928 g/mol. The molecular weight excluding hydrogens is 863 g/mol. The summed E-state index contributed by atoms with van der Waals surface area (Å²) in [4.78, 5) is 65.3. The Labute approximate surface area is 404 Å². The van der Waals surface area contributed by atoms with Gasteiger partial charge >= 0.3 is 5.69 Å². The fourth-order valence-electron chi connectivity index (χ4n) is 11.7. The molecule has 13 nitrogen and oxygen atoms in total. The maximum atomic E-state index is 13.5. The van der Waals surface area contributed by atoms with Gasteiger partial charge in [-0.2, -0.15) is 0 Å². The number of imidazole rings is 1. The van der Waals surface area contributed by atoms with E-state index in [0.29, 0.717) is 30.0 Å². The van der Waals surface area contributed by atoms with E-state index in [9.17, 15) is 19.2 Å². The van der Waals surface area contributed by atoms with Crippen LogP contribution in [-0.2, 0) is 36.8 Å². The Kier molecular flexibility index (Phi) is 13.3. The van der Waals surface area contributed by atoms with Gasteiger partial charge in [0.05, 0.1) is 11.0 Å². The largest absolute Gasteiger partial charge is 0.384 e. The first kappa shape index (κ1) is 46.3. The molecule has 69 heavy (non-hydrogen) atoms. The summed E-state index contributed by atoms with van der Waals surface area (Å²) < 4.78 is 5.38. The molecule has 0 radical (unpaired) electrons. The number of carbonyl (C=O) groups excluding carboxylic acids is 3. The van der Waals surface area contributed by atoms with E-state index >= 15 is 0 Å². The van der Waals surface area contributed by atoms with Gasteiger partial charge in [-0.05, 0) is 154 Å². The lowest BCUT2D eigenvalue weighted by Crippen LogP contribution is -2.44. The van der Waals surface area contributed by atoms with Gasteiger partial charge in [0, 0.05) is 81.3 Å². The van der Waals surface area contributed by atoms with Crippen LogP contribution in [0.1, 0.15) is 117 Å². The molecule has 358 valence electrons. The molecular formula is C56H65N9O4. The van der Waals surface area contributed by atoms with E-state index in [1.165, 1.54) is 16.8 Å². The van der Waals surface area contributed by atoms with Crippen LogP contribution in [0.15, 0.2) is 107 Å². The number of fused-ring (bicyclic) bond motifs is 2. The number of nitrogens with zero attached hydrogens (tertiary/aromatic N) is 7. The number of ketones is 1. The molecule has 2 saturated heterocycles. The second-order valence-corrected chi connectivity index (χ2v) is 20.4. The number of benzene rings is 2. The number of rotatable bonds is 11. The second-order valence-electron chi connectivity index (χ2n) is 20.4. The Morgan fingerprint density at radius 1 is 0.826 bits per heavy atom. The van der Waals surface area contributed by atoms with Crippen LogP contribution in [0.2, 0.25) is 0 Å². The highest BCUT2D eigenvalue weighted by atomic mass is 16.2. The molecule has 3 N–H and O–H groups in total. The van der Waals surface area contributed by atoms with Crippen LogP contribution in [0.4, 0.5) is 5.82 Å². The molecule has 1 saturated carbocycles. The van der Waals surface area contributed by atoms with Crippen molar-refractivity contribution in [2.45, 2.75) is 103 Å². The lowest BCUT2D eigenvalue weighted by molar-refractivity contribution is -0.135. The molecule has 0 bridgehead atoms. The van der Waals surface area contributed by atoms with E-state index in [1.54, 1.807) is 21.8 Å². The summed E-state index contributed by atoms with van der Waals surface area (Å²) in [5, 5.41) is 3.52. The van der Waals surface area contributed by atoms with E-state index in [4.69, 9.17) is 10.7 Å². The molecule has 7 heterocycles. The number of hydrogen-bond donors (Lipinski definition) is 2. The van der Waals surface area contributed by atoms with Crippen molar-refractivity contribution in [2.75, 3.05) is 31.9 Å². The zero-order valence-corrected chi connectivity index (χ0v) is 40.3. The molecule has 4 aliphatic rings. The molecule has 2 atom stereocenters. The van der Waals surface area contributed by atoms with Crippen LogP contribution in [0.25, 0.3) is 33.2 Å². The minimum Gasteiger partial charge on any atom is -0.384 e.